The molecule has 0 aromatic heterocycles. The summed E-state index contributed by atoms with van der Waals surface area (Å²) < 4.78 is 0. The van der Waals surface area contributed by atoms with E-state index < -0.39 is 11.6 Å². The molecule has 0 unspecified atom stereocenters. The number of nitrogens with one attached hydrogen (secondary N) is 2. The van der Waals surface area contributed by atoms with Crippen LogP contribution in [-0.4, -0.2) is 23.4 Å². The van der Waals surface area contributed by atoms with E-state index in [-0.39, 0.29) is 45.4 Å². The number of rotatable bonds is 4. The van der Waals surface area contributed by atoms with Crippen LogP contribution in [0.15, 0.2) is 60.7 Å². The van der Waals surface area contributed by atoms with Gasteiger partial charge in [-0.2, -0.15) is 0 Å². The Bertz CT molecular complexity index is 1610. The summed E-state index contributed by atoms with van der Waals surface area (Å²) in [7, 11) is 0. The molecule has 1 aliphatic rings. The van der Waals surface area contributed by atoms with Crippen molar-refractivity contribution in [2.24, 2.45) is 0 Å². The molecule has 200 valence electrons. The lowest BCUT2D eigenvalue weighted by atomic mass is 9.82. The summed E-state index contributed by atoms with van der Waals surface area (Å²) >= 11 is 0. The molecule has 40 heavy (non-hydrogen) atoms. The molecule has 0 atom stereocenters. The van der Waals surface area contributed by atoms with Gasteiger partial charge in [0.05, 0.1) is 22.5 Å². The predicted octanol–water partition coefficient (Wildman–Crippen LogP) is 6.82. The van der Waals surface area contributed by atoms with Crippen LogP contribution < -0.4 is 10.6 Å². The Morgan fingerprint density at radius 3 is 1.18 bits per heavy atom. The van der Waals surface area contributed by atoms with Crippen LogP contribution in [0.2, 0.25) is 0 Å². The number of hydrogen-bond acceptors (Lipinski definition) is 4. The van der Waals surface area contributed by atoms with Gasteiger partial charge in [0.15, 0.2) is 11.6 Å². The standard InChI is InChI=1S/C34H30N2O4/c1-17-13-19(3)27(20(4)14-17)33(39)35-25-11-12-26(36-34(40)28-21(5)15-18(2)16-22(28)6)30-29(25)31(37)23-9-7-8-10-24(23)32(30)38/h7-16H,1-6H3,(H,35,39)(H,36,40). The second-order valence-electron chi connectivity index (χ2n) is 10.6. The molecule has 0 saturated carbocycles. The molecule has 5 rings (SSSR count). The van der Waals surface area contributed by atoms with Gasteiger partial charge >= 0.3 is 0 Å². The zero-order valence-electron chi connectivity index (χ0n) is 23.4. The normalized spacial score (nSPS) is 12.1. The van der Waals surface area contributed by atoms with E-state index in [2.05, 4.69) is 10.6 Å². The van der Waals surface area contributed by atoms with Gasteiger partial charge in [-0.15, -0.1) is 0 Å². The molecule has 0 saturated heterocycles. The summed E-state index contributed by atoms with van der Waals surface area (Å²) in [5.74, 6) is -1.54. The molecule has 4 aromatic carbocycles. The highest BCUT2D eigenvalue weighted by atomic mass is 16.2. The average molecular weight is 531 g/mol. The quantitative estimate of drug-likeness (QED) is 0.267. The molecule has 0 aliphatic heterocycles. The van der Waals surface area contributed by atoms with E-state index in [0.29, 0.717) is 11.1 Å². The first-order chi connectivity index (χ1) is 19.0. The van der Waals surface area contributed by atoms with Crippen LogP contribution in [0.1, 0.15) is 85.9 Å². The number of amides is 2. The Morgan fingerprint density at radius 2 is 0.850 bits per heavy atom. The molecule has 6 nitrogen and oxygen atoms in total. The van der Waals surface area contributed by atoms with E-state index in [0.717, 1.165) is 33.4 Å². The molecular weight excluding hydrogens is 500 g/mol. The summed E-state index contributed by atoms with van der Waals surface area (Å²) in [6.07, 6.45) is 0. The Balaban J connectivity index is 1.63. The van der Waals surface area contributed by atoms with E-state index in [4.69, 9.17) is 0 Å². The van der Waals surface area contributed by atoms with E-state index in [9.17, 15) is 19.2 Å². The molecule has 0 bridgehead atoms. The molecule has 0 fully saturated rings. The van der Waals surface area contributed by atoms with Crippen molar-refractivity contribution in [3.05, 3.63) is 127 Å². The number of benzene rings is 4. The number of carbonyl (C=O) groups is 4. The van der Waals surface area contributed by atoms with Crippen LogP contribution in [0.25, 0.3) is 0 Å². The highest BCUT2D eigenvalue weighted by Gasteiger charge is 2.35. The Hall–Kier alpha value is -4.84. The van der Waals surface area contributed by atoms with Gasteiger partial charge < -0.3 is 10.6 Å². The molecular formula is C34H30N2O4. The zero-order chi connectivity index (χ0) is 28.9. The molecule has 4 aromatic rings. The minimum absolute atomic E-state index is 0.0645. The lowest BCUT2D eigenvalue weighted by Crippen LogP contribution is -2.27. The molecule has 2 N–H and O–H groups in total. The second kappa shape index (κ2) is 10.0. The van der Waals surface area contributed by atoms with Gasteiger partial charge in [-0.25, -0.2) is 0 Å². The summed E-state index contributed by atoms with van der Waals surface area (Å²) in [5, 5.41) is 5.76. The summed E-state index contributed by atoms with van der Waals surface area (Å²) in [5.41, 5.74) is 7.42. The third-order valence-corrected chi connectivity index (χ3v) is 7.38. The van der Waals surface area contributed by atoms with Gasteiger partial charge in [0.1, 0.15) is 0 Å². The van der Waals surface area contributed by atoms with Crippen molar-refractivity contribution < 1.29 is 19.2 Å². The van der Waals surface area contributed by atoms with E-state index in [1.54, 1.807) is 36.4 Å². The maximum absolute atomic E-state index is 13.8. The van der Waals surface area contributed by atoms with Crippen molar-refractivity contribution in [1.82, 2.24) is 0 Å². The third-order valence-electron chi connectivity index (χ3n) is 7.38. The molecule has 0 spiro atoms. The van der Waals surface area contributed by atoms with Crippen LogP contribution in [0, 0.1) is 41.5 Å². The smallest absolute Gasteiger partial charge is 0.256 e. The highest BCUT2D eigenvalue weighted by molar-refractivity contribution is 6.33. The maximum atomic E-state index is 13.8. The number of aryl methyl sites for hydroxylation is 6. The first-order valence-corrected chi connectivity index (χ1v) is 13.1. The SMILES string of the molecule is Cc1cc(C)c(C(=O)Nc2ccc(NC(=O)c3c(C)cc(C)cc3C)c3c2C(=O)c2ccccc2C3=O)c(C)c1. The van der Waals surface area contributed by atoms with Gasteiger partial charge in [0.25, 0.3) is 11.8 Å². The lowest BCUT2D eigenvalue weighted by Gasteiger charge is -2.24. The van der Waals surface area contributed by atoms with Gasteiger partial charge in [-0.05, 0) is 75.9 Å². The molecule has 0 radical (unpaired) electrons. The fourth-order valence-corrected chi connectivity index (χ4v) is 5.88. The van der Waals surface area contributed by atoms with E-state index >= 15 is 0 Å². The first-order valence-electron chi connectivity index (χ1n) is 13.1. The average Bonchev–Trinajstić information content (AvgIpc) is 2.86. The molecule has 1 aliphatic carbocycles. The predicted molar refractivity (Wildman–Crippen MR) is 157 cm³/mol. The van der Waals surface area contributed by atoms with Crippen molar-refractivity contribution in [3.63, 3.8) is 0 Å². The molecule has 0 heterocycles. The van der Waals surface area contributed by atoms with Crippen molar-refractivity contribution in [2.75, 3.05) is 10.6 Å². The topological polar surface area (TPSA) is 92.3 Å². The number of anilines is 2. The molecule has 2 amide bonds. The van der Waals surface area contributed by atoms with Crippen molar-refractivity contribution in [2.45, 2.75) is 41.5 Å². The maximum Gasteiger partial charge on any atom is 0.256 e. The Morgan fingerprint density at radius 1 is 0.525 bits per heavy atom. The number of fused-ring (bicyclic) bond motifs is 2. The highest BCUT2D eigenvalue weighted by Crippen LogP contribution is 2.37. The summed E-state index contributed by atoms with van der Waals surface area (Å²) in [6, 6.07) is 17.4. The van der Waals surface area contributed by atoms with E-state index in [1.807, 2.05) is 65.8 Å². The summed E-state index contributed by atoms with van der Waals surface area (Å²) in [4.78, 5) is 54.5. The number of ketones is 2. The second-order valence-corrected chi connectivity index (χ2v) is 10.6. The van der Waals surface area contributed by atoms with Gasteiger partial charge in [0.2, 0.25) is 0 Å². The lowest BCUT2D eigenvalue weighted by molar-refractivity contribution is 0.0977. The zero-order valence-corrected chi connectivity index (χ0v) is 23.4. The largest absolute Gasteiger partial charge is 0.321 e. The fourth-order valence-electron chi connectivity index (χ4n) is 5.88. The van der Waals surface area contributed by atoms with Crippen LogP contribution in [0.3, 0.4) is 0 Å². The van der Waals surface area contributed by atoms with Crippen molar-refractivity contribution >= 4 is 34.8 Å². The minimum Gasteiger partial charge on any atom is -0.321 e. The molecule has 6 heteroatoms. The van der Waals surface area contributed by atoms with Gasteiger partial charge in [0, 0.05) is 22.3 Å². The Kier molecular flexibility index (Phi) is 6.72. The van der Waals surface area contributed by atoms with Gasteiger partial charge in [-0.1, -0.05) is 59.7 Å². The minimum atomic E-state index is -0.392. The third kappa shape index (κ3) is 4.51. The van der Waals surface area contributed by atoms with E-state index in [1.165, 1.54) is 0 Å². The van der Waals surface area contributed by atoms with Crippen molar-refractivity contribution in [3.8, 4) is 0 Å². The first kappa shape index (κ1) is 26.8. The summed E-state index contributed by atoms with van der Waals surface area (Å²) in [6.45, 7) is 11.4. The van der Waals surface area contributed by atoms with Crippen LogP contribution >= 0.6 is 0 Å². The monoisotopic (exact) mass is 530 g/mol. The van der Waals surface area contributed by atoms with Crippen LogP contribution in [0.4, 0.5) is 11.4 Å². The van der Waals surface area contributed by atoms with Crippen LogP contribution in [-0.2, 0) is 0 Å². The van der Waals surface area contributed by atoms with Gasteiger partial charge in [-0.3, -0.25) is 19.2 Å². The number of carbonyl (C=O) groups excluding carboxylic acids is 4. The Labute approximate surface area is 233 Å². The fraction of sp³-hybridized carbons (Fsp3) is 0.176. The van der Waals surface area contributed by atoms with Crippen molar-refractivity contribution in [1.29, 1.82) is 0 Å². The van der Waals surface area contributed by atoms with Crippen LogP contribution in [0.5, 0.6) is 0 Å². The number of hydrogen-bond donors (Lipinski definition) is 2.